The maximum absolute atomic E-state index is 14.1. The smallest absolute Gasteiger partial charge is 0.320 e. The Bertz CT molecular complexity index is 1260. The highest BCUT2D eigenvalue weighted by atomic mass is 19.2. The second-order valence-electron chi connectivity index (χ2n) is 10.3. The first-order chi connectivity index (χ1) is 18.1. The number of amides is 2. The first kappa shape index (κ1) is 27.7. The highest BCUT2D eigenvalue weighted by molar-refractivity contribution is 5.90. The highest BCUT2D eigenvalue weighted by Crippen LogP contribution is 2.32. The number of ether oxygens (including phenoxy) is 1. The van der Waals surface area contributed by atoms with E-state index < -0.39 is 23.1 Å². The van der Waals surface area contributed by atoms with Gasteiger partial charge < -0.3 is 15.2 Å². The van der Waals surface area contributed by atoms with Gasteiger partial charge in [-0.05, 0) is 36.8 Å². The molecule has 1 aromatic heterocycles. The van der Waals surface area contributed by atoms with Gasteiger partial charge in [-0.25, -0.2) is 18.3 Å². The number of para-hydroxylation sites is 1. The van der Waals surface area contributed by atoms with E-state index in [-0.39, 0.29) is 18.6 Å². The first-order valence-corrected chi connectivity index (χ1v) is 12.6. The number of halogens is 2. The topological polar surface area (TPSA) is 91.7 Å². The molecule has 3 N–H and O–H groups in total. The second-order valence-corrected chi connectivity index (χ2v) is 10.3. The summed E-state index contributed by atoms with van der Waals surface area (Å²) in [5.74, 6) is -1.57. The van der Waals surface area contributed by atoms with E-state index in [9.17, 15) is 18.7 Å². The minimum absolute atomic E-state index is 0.111. The molecule has 2 heterocycles. The molecule has 2 amide bonds. The van der Waals surface area contributed by atoms with Crippen LogP contribution in [0.4, 0.5) is 19.4 Å². The molecule has 3 aromatic rings. The van der Waals surface area contributed by atoms with E-state index in [4.69, 9.17) is 9.84 Å². The molecule has 0 unspecified atom stereocenters. The van der Waals surface area contributed by atoms with Crippen molar-refractivity contribution >= 4 is 11.8 Å². The van der Waals surface area contributed by atoms with Crippen molar-refractivity contribution in [3.63, 3.8) is 0 Å². The van der Waals surface area contributed by atoms with Crippen LogP contribution in [0.25, 0.3) is 5.69 Å². The van der Waals surface area contributed by atoms with Gasteiger partial charge in [0.2, 0.25) is 0 Å². The molecule has 2 atom stereocenters. The number of aliphatic hydroxyl groups is 1. The van der Waals surface area contributed by atoms with Crippen LogP contribution in [-0.4, -0.2) is 71.8 Å². The van der Waals surface area contributed by atoms with Crippen molar-refractivity contribution in [1.29, 1.82) is 0 Å². The Morgan fingerprint density at radius 2 is 1.89 bits per heavy atom. The van der Waals surface area contributed by atoms with Gasteiger partial charge in [0.25, 0.3) is 0 Å². The van der Waals surface area contributed by atoms with Crippen LogP contribution in [0.1, 0.15) is 36.6 Å². The molecule has 10 heteroatoms. The van der Waals surface area contributed by atoms with E-state index in [1.54, 1.807) is 17.9 Å². The summed E-state index contributed by atoms with van der Waals surface area (Å²) in [6.07, 6.45) is 0. The minimum Gasteiger partial charge on any atom is -0.395 e. The monoisotopic (exact) mass is 527 g/mol. The van der Waals surface area contributed by atoms with Gasteiger partial charge in [0.15, 0.2) is 11.6 Å². The average Bonchev–Trinajstić information content (AvgIpc) is 3.45. The van der Waals surface area contributed by atoms with E-state index in [1.165, 1.54) is 6.07 Å². The number of aliphatic hydroxyl groups excluding tert-OH is 1. The molecular formula is C28H35F2N5O3. The number of likely N-dealkylation sites (tertiary alicyclic amines) is 1. The van der Waals surface area contributed by atoms with Crippen LogP contribution < -0.4 is 10.6 Å². The normalized spacial score (nSPS) is 18.1. The molecule has 204 valence electrons. The third kappa shape index (κ3) is 5.87. The Labute approximate surface area is 221 Å². The van der Waals surface area contributed by atoms with Gasteiger partial charge in [0.1, 0.15) is 5.82 Å². The lowest BCUT2D eigenvalue weighted by molar-refractivity contribution is 0.159. The summed E-state index contributed by atoms with van der Waals surface area (Å²) >= 11 is 0. The number of anilines is 1. The third-order valence-electron chi connectivity index (χ3n) is 7.09. The predicted octanol–water partition coefficient (Wildman–Crippen LogP) is 3.96. The number of nitrogens with zero attached hydrogens (tertiary/aromatic N) is 3. The number of methoxy groups -OCH3 is 1. The Kier molecular flexibility index (Phi) is 8.44. The van der Waals surface area contributed by atoms with Crippen molar-refractivity contribution in [1.82, 2.24) is 20.0 Å². The number of benzene rings is 2. The Hall–Kier alpha value is -3.34. The van der Waals surface area contributed by atoms with Crippen LogP contribution in [0.2, 0.25) is 0 Å². The molecule has 1 fully saturated rings. The summed E-state index contributed by atoms with van der Waals surface area (Å²) in [6.45, 7) is 7.79. The van der Waals surface area contributed by atoms with Crippen molar-refractivity contribution in [2.75, 3.05) is 45.3 Å². The molecule has 1 saturated heterocycles. The molecule has 1 aliphatic heterocycles. The quantitative estimate of drug-likeness (QED) is 0.392. The molecule has 2 aromatic carbocycles. The summed E-state index contributed by atoms with van der Waals surface area (Å²) in [4.78, 5) is 15.5. The fourth-order valence-corrected chi connectivity index (χ4v) is 4.94. The van der Waals surface area contributed by atoms with Crippen LogP contribution in [0.5, 0.6) is 0 Å². The fourth-order valence-electron chi connectivity index (χ4n) is 4.94. The fraction of sp³-hybridized carbons (Fsp3) is 0.429. The molecule has 38 heavy (non-hydrogen) atoms. The predicted molar refractivity (Wildman–Crippen MR) is 142 cm³/mol. The molecule has 0 radical (unpaired) electrons. The van der Waals surface area contributed by atoms with Gasteiger partial charge >= 0.3 is 6.03 Å². The number of hydrogen-bond acceptors (Lipinski definition) is 5. The summed E-state index contributed by atoms with van der Waals surface area (Å²) in [5.41, 5.74) is 2.17. The molecule has 4 rings (SSSR count). The lowest BCUT2D eigenvalue weighted by atomic mass is 9.88. The van der Waals surface area contributed by atoms with Crippen LogP contribution in [0, 0.1) is 18.6 Å². The summed E-state index contributed by atoms with van der Waals surface area (Å²) in [6, 6.07) is 12.5. The standard InChI is InChI=1S/C28H35F2N5O3/c1-18-25(28(2,3)17-36)33-35(20-8-6-5-7-9-20)26(18)32-27(37)31-24-16-34(12-13-38-4)15-21(24)19-10-11-22(29)23(30)14-19/h5-11,14,21,24,36H,12-13,15-17H2,1-4H3,(H2,31,32,37)/t21-,24+/m0/s1. The van der Waals surface area contributed by atoms with Gasteiger partial charge in [-0.1, -0.05) is 38.1 Å². The summed E-state index contributed by atoms with van der Waals surface area (Å²) in [5, 5.41) is 20.7. The molecule has 8 nitrogen and oxygen atoms in total. The average molecular weight is 528 g/mol. The van der Waals surface area contributed by atoms with Crippen molar-refractivity contribution < 1.29 is 23.4 Å². The lowest BCUT2D eigenvalue weighted by Gasteiger charge is -2.21. The number of hydrogen-bond donors (Lipinski definition) is 3. The third-order valence-corrected chi connectivity index (χ3v) is 7.09. The van der Waals surface area contributed by atoms with E-state index in [0.717, 1.165) is 17.3 Å². The van der Waals surface area contributed by atoms with Crippen LogP contribution in [0.3, 0.4) is 0 Å². The van der Waals surface area contributed by atoms with Gasteiger partial charge in [0, 0.05) is 43.6 Å². The van der Waals surface area contributed by atoms with Crippen LogP contribution in [0.15, 0.2) is 48.5 Å². The van der Waals surface area contributed by atoms with E-state index in [2.05, 4.69) is 15.5 Å². The van der Waals surface area contributed by atoms with E-state index in [0.29, 0.717) is 43.3 Å². The molecular weight excluding hydrogens is 492 g/mol. The number of carbonyl (C=O) groups excluding carboxylic acids is 1. The van der Waals surface area contributed by atoms with Gasteiger partial charge in [-0.3, -0.25) is 10.2 Å². The van der Waals surface area contributed by atoms with E-state index in [1.807, 2.05) is 51.1 Å². The number of carbonyl (C=O) groups is 1. The first-order valence-electron chi connectivity index (χ1n) is 12.6. The van der Waals surface area contributed by atoms with Gasteiger partial charge in [-0.15, -0.1) is 0 Å². The zero-order chi connectivity index (χ0) is 27.4. The molecule has 0 bridgehead atoms. The number of nitrogens with one attached hydrogen (secondary N) is 2. The van der Waals surface area contributed by atoms with Crippen LogP contribution in [-0.2, 0) is 10.2 Å². The second kappa shape index (κ2) is 11.6. The Morgan fingerprint density at radius 1 is 1.16 bits per heavy atom. The van der Waals surface area contributed by atoms with Crippen molar-refractivity contribution in [3.05, 3.63) is 77.0 Å². The maximum atomic E-state index is 14.1. The SMILES string of the molecule is COCCN1C[C@@H](NC(=O)Nc2c(C)c(C(C)(C)CO)nn2-c2ccccc2)[C@H](c2ccc(F)c(F)c2)C1. The van der Waals surface area contributed by atoms with Crippen molar-refractivity contribution in [2.45, 2.75) is 38.1 Å². The largest absolute Gasteiger partial charge is 0.395 e. The maximum Gasteiger partial charge on any atom is 0.320 e. The molecule has 0 saturated carbocycles. The lowest BCUT2D eigenvalue weighted by Crippen LogP contribution is -2.42. The van der Waals surface area contributed by atoms with Gasteiger partial charge in [0.05, 0.1) is 30.6 Å². The van der Waals surface area contributed by atoms with Crippen LogP contribution >= 0.6 is 0 Å². The van der Waals surface area contributed by atoms with Crippen molar-refractivity contribution in [3.8, 4) is 5.69 Å². The summed E-state index contributed by atoms with van der Waals surface area (Å²) in [7, 11) is 1.62. The zero-order valence-electron chi connectivity index (χ0n) is 22.2. The van der Waals surface area contributed by atoms with E-state index >= 15 is 0 Å². The molecule has 0 spiro atoms. The Balaban J connectivity index is 1.61. The Morgan fingerprint density at radius 3 is 2.55 bits per heavy atom. The highest BCUT2D eigenvalue weighted by Gasteiger charge is 2.36. The molecule has 0 aliphatic carbocycles. The van der Waals surface area contributed by atoms with Gasteiger partial charge in [-0.2, -0.15) is 5.10 Å². The minimum atomic E-state index is -0.914. The zero-order valence-corrected chi connectivity index (χ0v) is 22.2. The number of aromatic nitrogens is 2. The number of urea groups is 1. The molecule has 1 aliphatic rings. The van der Waals surface area contributed by atoms with Crippen molar-refractivity contribution in [2.24, 2.45) is 0 Å². The number of rotatable bonds is 9. The summed E-state index contributed by atoms with van der Waals surface area (Å²) < 4.78 is 34.5.